The minimum Gasteiger partial charge on any atom is -0.456 e. The minimum atomic E-state index is -0.420. The Morgan fingerprint density at radius 3 is 2.42 bits per heavy atom. The van der Waals surface area contributed by atoms with E-state index in [1.165, 1.54) is 16.7 Å². The molecule has 1 saturated heterocycles. The number of benzene rings is 2. The lowest BCUT2D eigenvalue weighted by Crippen LogP contribution is -2.27. The van der Waals surface area contributed by atoms with E-state index in [-0.39, 0.29) is 11.6 Å². The van der Waals surface area contributed by atoms with Crippen LogP contribution in [-0.4, -0.2) is 15.2 Å². The van der Waals surface area contributed by atoms with E-state index in [9.17, 15) is 14.9 Å². The summed E-state index contributed by atoms with van der Waals surface area (Å²) in [5.74, 6) is 0.566. The van der Waals surface area contributed by atoms with Gasteiger partial charge >= 0.3 is 0 Å². The number of hydrogen-bond acceptors (Lipinski definition) is 6. The zero-order valence-electron chi connectivity index (χ0n) is 17.0. The van der Waals surface area contributed by atoms with Crippen LogP contribution >= 0.6 is 24.0 Å². The number of thioether (sulfide) groups is 1. The first-order valence-corrected chi connectivity index (χ1v) is 10.7. The molecule has 156 valence electrons. The van der Waals surface area contributed by atoms with Crippen molar-refractivity contribution >= 4 is 51.7 Å². The Morgan fingerprint density at radius 1 is 1.06 bits per heavy atom. The molecule has 0 N–H and O–H groups in total. The third kappa shape index (κ3) is 4.04. The predicted molar refractivity (Wildman–Crippen MR) is 127 cm³/mol. The third-order valence-electron chi connectivity index (χ3n) is 5.06. The van der Waals surface area contributed by atoms with Crippen LogP contribution < -0.4 is 4.90 Å². The third-order valence-corrected chi connectivity index (χ3v) is 6.36. The molecule has 31 heavy (non-hydrogen) atoms. The number of furan rings is 1. The number of thiocarbonyl (C=S) groups is 1. The molecule has 1 aliphatic heterocycles. The van der Waals surface area contributed by atoms with Crippen molar-refractivity contribution in [2.75, 3.05) is 4.90 Å². The zero-order chi connectivity index (χ0) is 22.3. The van der Waals surface area contributed by atoms with Crippen LogP contribution in [0.15, 0.2) is 57.9 Å². The van der Waals surface area contributed by atoms with Gasteiger partial charge in [0.05, 0.1) is 21.1 Å². The summed E-state index contributed by atoms with van der Waals surface area (Å²) in [7, 11) is 0. The van der Waals surface area contributed by atoms with Gasteiger partial charge in [0.2, 0.25) is 0 Å². The molecule has 2 heterocycles. The van der Waals surface area contributed by atoms with Crippen LogP contribution in [0.5, 0.6) is 0 Å². The summed E-state index contributed by atoms with van der Waals surface area (Å²) in [5, 5.41) is 11.5. The Morgan fingerprint density at radius 2 is 1.74 bits per heavy atom. The molecule has 1 fully saturated rings. The lowest BCUT2D eigenvalue weighted by Gasteiger charge is -2.14. The van der Waals surface area contributed by atoms with Gasteiger partial charge in [-0.05, 0) is 62.2 Å². The molecule has 0 spiro atoms. The Bertz CT molecular complexity index is 1260. The van der Waals surface area contributed by atoms with E-state index in [1.807, 2.05) is 45.0 Å². The second-order valence-corrected chi connectivity index (χ2v) is 8.94. The van der Waals surface area contributed by atoms with Crippen LogP contribution in [0.1, 0.15) is 22.5 Å². The Kier molecular flexibility index (Phi) is 5.51. The summed E-state index contributed by atoms with van der Waals surface area (Å²) >= 11 is 6.60. The molecule has 4 rings (SSSR count). The van der Waals surface area contributed by atoms with E-state index < -0.39 is 4.92 Å². The standard InChI is InChI=1S/C23H18N2O4S2/c1-13-4-6-16(7-5-13)24-22(26)21(31-23(24)30)12-17-8-9-20(29-17)18-10-14(2)15(3)11-19(18)25(27)28/h4-12H,1-3H3/b21-12+. The van der Waals surface area contributed by atoms with Crippen molar-refractivity contribution in [2.45, 2.75) is 20.8 Å². The number of anilines is 1. The molecule has 0 saturated carbocycles. The van der Waals surface area contributed by atoms with Crippen molar-refractivity contribution in [2.24, 2.45) is 0 Å². The SMILES string of the molecule is Cc1ccc(N2C(=O)/C(=C\c3ccc(-c4cc(C)c(C)cc4[N+](=O)[O-])o3)SC2=S)cc1. The number of amides is 1. The molecule has 1 amide bonds. The number of carbonyl (C=O) groups excluding carboxylic acids is 1. The first-order chi connectivity index (χ1) is 14.7. The van der Waals surface area contributed by atoms with Crippen LogP contribution in [0.2, 0.25) is 0 Å². The fourth-order valence-electron chi connectivity index (χ4n) is 3.24. The quantitative estimate of drug-likeness (QED) is 0.204. The number of nitrogens with zero attached hydrogens (tertiary/aromatic N) is 2. The monoisotopic (exact) mass is 450 g/mol. The van der Waals surface area contributed by atoms with Crippen LogP contribution in [-0.2, 0) is 4.79 Å². The molecule has 1 aromatic heterocycles. The van der Waals surface area contributed by atoms with Crippen molar-refractivity contribution in [3.63, 3.8) is 0 Å². The molecule has 8 heteroatoms. The molecule has 0 unspecified atom stereocenters. The highest BCUT2D eigenvalue weighted by atomic mass is 32.2. The number of rotatable bonds is 4. The first-order valence-electron chi connectivity index (χ1n) is 9.45. The predicted octanol–water partition coefficient (Wildman–Crippen LogP) is 6.19. The Balaban J connectivity index is 1.66. The van der Waals surface area contributed by atoms with Gasteiger partial charge < -0.3 is 4.42 Å². The van der Waals surface area contributed by atoms with E-state index in [0.29, 0.717) is 32.0 Å². The molecule has 3 aromatic rings. The maximum Gasteiger partial charge on any atom is 0.280 e. The summed E-state index contributed by atoms with van der Waals surface area (Å²) in [5.41, 5.74) is 3.95. The molecular formula is C23H18N2O4S2. The molecule has 6 nitrogen and oxygen atoms in total. The van der Waals surface area contributed by atoms with Gasteiger partial charge in [0.25, 0.3) is 11.6 Å². The fourth-order valence-corrected chi connectivity index (χ4v) is 4.52. The van der Waals surface area contributed by atoms with Crippen LogP contribution in [0.25, 0.3) is 17.4 Å². The molecule has 0 atom stereocenters. The fraction of sp³-hybridized carbons (Fsp3) is 0.130. The molecule has 0 radical (unpaired) electrons. The number of carbonyl (C=O) groups is 1. The average molecular weight is 451 g/mol. The summed E-state index contributed by atoms with van der Waals surface area (Å²) in [4.78, 5) is 25.9. The van der Waals surface area contributed by atoms with Crippen molar-refractivity contribution in [3.8, 4) is 11.3 Å². The van der Waals surface area contributed by atoms with Crippen LogP contribution in [0, 0.1) is 30.9 Å². The van der Waals surface area contributed by atoms with Gasteiger partial charge in [-0.1, -0.05) is 41.7 Å². The Labute approximate surface area is 188 Å². The van der Waals surface area contributed by atoms with Crippen molar-refractivity contribution in [3.05, 3.63) is 86.0 Å². The molecule has 0 bridgehead atoms. The second-order valence-electron chi connectivity index (χ2n) is 7.27. The maximum absolute atomic E-state index is 12.9. The first kappa shape index (κ1) is 21.0. The smallest absolute Gasteiger partial charge is 0.280 e. The highest BCUT2D eigenvalue weighted by Crippen LogP contribution is 2.38. The Hall–Kier alpha value is -3.23. The van der Waals surface area contributed by atoms with Gasteiger partial charge in [-0.2, -0.15) is 0 Å². The summed E-state index contributed by atoms with van der Waals surface area (Å²) in [6.07, 6.45) is 1.61. The van der Waals surface area contributed by atoms with Gasteiger partial charge in [0, 0.05) is 12.1 Å². The number of nitro benzene ring substituents is 1. The molecule has 1 aliphatic rings. The number of hydrogen-bond donors (Lipinski definition) is 0. The van der Waals surface area contributed by atoms with Gasteiger partial charge in [-0.25, -0.2) is 0 Å². The van der Waals surface area contributed by atoms with Crippen LogP contribution in [0.4, 0.5) is 11.4 Å². The van der Waals surface area contributed by atoms with E-state index in [4.69, 9.17) is 16.6 Å². The normalized spacial score (nSPS) is 15.2. The van der Waals surface area contributed by atoms with Gasteiger partial charge in [0.15, 0.2) is 4.32 Å². The largest absolute Gasteiger partial charge is 0.456 e. The minimum absolute atomic E-state index is 0.0188. The maximum atomic E-state index is 12.9. The summed E-state index contributed by atoms with van der Waals surface area (Å²) in [6.45, 7) is 5.70. The van der Waals surface area contributed by atoms with Gasteiger partial charge in [0.1, 0.15) is 11.5 Å². The number of nitro groups is 1. The molecular weight excluding hydrogens is 432 g/mol. The van der Waals surface area contributed by atoms with E-state index in [2.05, 4.69) is 0 Å². The van der Waals surface area contributed by atoms with E-state index >= 15 is 0 Å². The second kappa shape index (κ2) is 8.13. The zero-order valence-corrected chi connectivity index (χ0v) is 18.7. The van der Waals surface area contributed by atoms with Crippen LogP contribution in [0.3, 0.4) is 0 Å². The molecule has 2 aromatic carbocycles. The average Bonchev–Trinajstić information content (AvgIpc) is 3.29. The van der Waals surface area contributed by atoms with Crippen molar-refractivity contribution in [1.82, 2.24) is 0 Å². The molecule has 0 aliphatic carbocycles. The topological polar surface area (TPSA) is 76.6 Å². The van der Waals surface area contributed by atoms with Gasteiger partial charge in [-0.15, -0.1) is 0 Å². The van der Waals surface area contributed by atoms with Gasteiger partial charge in [-0.3, -0.25) is 19.8 Å². The van der Waals surface area contributed by atoms with Crippen molar-refractivity contribution < 1.29 is 14.1 Å². The highest BCUT2D eigenvalue weighted by Gasteiger charge is 2.33. The number of aryl methyl sites for hydroxylation is 3. The summed E-state index contributed by atoms with van der Waals surface area (Å²) in [6, 6.07) is 14.2. The lowest BCUT2D eigenvalue weighted by molar-refractivity contribution is -0.384. The van der Waals surface area contributed by atoms with E-state index in [1.54, 1.807) is 30.3 Å². The van der Waals surface area contributed by atoms with E-state index in [0.717, 1.165) is 16.7 Å². The van der Waals surface area contributed by atoms with Crippen molar-refractivity contribution in [1.29, 1.82) is 0 Å². The lowest BCUT2D eigenvalue weighted by atomic mass is 10.0. The highest BCUT2D eigenvalue weighted by molar-refractivity contribution is 8.27. The summed E-state index contributed by atoms with van der Waals surface area (Å²) < 4.78 is 6.29.